The topological polar surface area (TPSA) is 98.5 Å². The number of hydrogen-bond donors (Lipinski definition) is 2. The van der Waals surface area contributed by atoms with Gasteiger partial charge in [0.1, 0.15) is 5.25 Å². The number of nitrogens with two attached hydrogens (primary N) is 1. The third-order valence-electron chi connectivity index (χ3n) is 3.74. The number of hydrogen-bond acceptors (Lipinski definition) is 5. The Hall–Kier alpha value is -1.60. The van der Waals surface area contributed by atoms with Crippen LogP contribution in [0.1, 0.15) is 20.3 Å². The van der Waals surface area contributed by atoms with Gasteiger partial charge in [-0.15, -0.1) is 0 Å². The van der Waals surface area contributed by atoms with Crippen LogP contribution in [0.3, 0.4) is 0 Å². The summed E-state index contributed by atoms with van der Waals surface area (Å²) in [6, 6.07) is 6.62. The summed E-state index contributed by atoms with van der Waals surface area (Å²) in [6.45, 7) is 3.54. The third kappa shape index (κ3) is 3.36. The van der Waals surface area contributed by atoms with Crippen LogP contribution < -0.4 is 11.1 Å². The highest BCUT2D eigenvalue weighted by Crippen LogP contribution is 2.25. The quantitative estimate of drug-likeness (QED) is 0.814. The predicted molar refractivity (Wildman–Crippen MR) is 81.7 cm³/mol. The molecule has 1 amide bonds. The van der Waals surface area contributed by atoms with Crippen molar-refractivity contribution < 1.29 is 17.9 Å². The standard InChI is InChI=1S/C14H20N2O4S/c1-9-13(6-7-20-9)21(18,19)10(2)14(17)16-12-5-3-4-11(15)8-12/h3-5,8-10,13H,6-7,15H2,1-2H3,(H,16,17). The summed E-state index contributed by atoms with van der Waals surface area (Å²) in [7, 11) is -3.59. The van der Waals surface area contributed by atoms with E-state index in [2.05, 4.69) is 5.32 Å². The maximum atomic E-state index is 12.5. The van der Waals surface area contributed by atoms with Crippen LogP contribution in [0.5, 0.6) is 0 Å². The second-order valence-corrected chi connectivity index (χ2v) is 7.74. The van der Waals surface area contributed by atoms with Gasteiger partial charge in [0.05, 0.1) is 11.4 Å². The van der Waals surface area contributed by atoms with E-state index in [0.717, 1.165) is 0 Å². The number of amides is 1. The van der Waals surface area contributed by atoms with Gasteiger partial charge in [0.25, 0.3) is 0 Å². The SMILES string of the molecule is CC1OCCC1S(=O)(=O)C(C)C(=O)Nc1cccc(N)c1. The molecule has 0 spiro atoms. The van der Waals surface area contributed by atoms with Crippen LogP contribution in [0.4, 0.5) is 11.4 Å². The number of anilines is 2. The molecule has 116 valence electrons. The molecule has 21 heavy (non-hydrogen) atoms. The van der Waals surface area contributed by atoms with Crippen LogP contribution in [0.2, 0.25) is 0 Å². The minimum Gasteiger partial charge on any atom is -0.399 e. The lowest BCUT2D eigenvalue weighted by molar-refractivity contribution is -0.115. The zero-order valence-corrected chi connectivity index (χ0v) is 12.9. The molecule has 1 heterocycles. The van der Waals surface area contributed by atoms with Gasteiger partial charge in [-0.25, -0.2) is 8.42 Å². The van der Waals surface area contributed by atoms with Crippen LogP contribution >= 0.6 is 0 Å². The second-order valence-electron chi connectivity index (χ2n) is 5.25. The molecule has 1 saturated heterocycles. The molecule has 7 heteroatoms. The molecule has 0 saturated carbocycles. The predicted octanol–water partition coefficient (Wildman–Crippen LogP) is 1.19. The molecule has 0 aromatic heterocycles. The number of sulfone groups is 1. The summed E-state index contributed by atoms with van der Waals surface area (Å²) in [5.41, 5.74) is 6.61. The first kappa shape index (κ1) is 15.8. The number of ether oxygens (including phenoxy) is 1. The minimum atomic E-state index is -3.59. The lowest BCUT2D eigenvalue weighted by atomic mass is 10.2. The Labute approximate surface area is 124 Å². The highest BCUT2D eigenvalue weighted by atomic mass is 32.2. The molecule has 0 radical (unpaired) electrons. The average molecular weight is 312 g/mol. The maximum absolute atomic E-state index is 12.5. The van der Waals surface area contributed by atoms with Crippen molar-refractivity contribution >= 4 is 27.1 Å². The van der Waals surface area contributed by atoms with E-state index in [0.29, 0.717) is 24.4 Å². The molecule has 3 unspecified atom stereocenters. The maximum Gasteiger partial charge on any atom is 0.242 e. The van der Waals surface area contributed by atoms with Gasteiger partial charge in [-0.1, -0.05) is 6.07 Å². The van der Waals surface area contributed by atoms with Gasteiger partial charge in [0, 0.05) is 18.0 Å². The summed E-state index contributed by atoms with van der Waals surface area (Å²) in [5, 5.41) is 0.831. The molecule has 3 N–H and O–H groups in total. The van der Waals surface area contributed by atoms with Crippen LogP contribution in [-0.2, 0) is 19.4 Å². The van der Waals surface area contributed by atoms with E-state index >= 15 is 0 Å². The zero-order valence-electron chi connectivity index (χ0n) is 12.1. The van der Waals surface area contributed by atoms with Gasteiger partial charge in [0.15, 0.2) is 9.84 Å². The fraction of sp³-hybridized carbons (Fsp3) is 0.500. The number of carbonyl (C=O) groups excluding carboxylic acids is 1. The number of rotatable bonds is 4. The largest absolute Gasteiger partial charge is 0.399 e. The van der Waals surface area contributed by atoms with Crippen LogP contribution in [-0.4, -0.2) is 37.5 Å². The number of benzene rings is 1. The van der Waals surface area contributed by atoms with E-state index in [1.807, 2.05) is 0 Å². The van der Waals surface area contributed by atoms with Crippen molar-refractivity contribution in [3.63, 3.8) is 0 Å². The molecule has 1 aromatic carbocycles. The number of nitrogens with one attached hydrogen (secondary N) is 1. The van der Waals surface area contributed by atoms with E-state index in [1.165, 1.54) is 6.92 Å². The Bertz CT molecular complexity index is 630. The molecule has 0 bridgehead atoms. The molecule has 1 fully saturated rings. The van der Waals surface area contributed by atoms with Gasteiger partial charge in [-0.05, 0) is 38.5 Å². The highest BCUT2D eigenvalue weighted by Gasteiger charge is 2.41. The Kier molecular flexibility index (Phi) is 4.53. The van der Waals surface area contributed by atoms with E-state index < -0.39 is 26.2 Å². The van der Waals surface area contributed by atoms with Crippen molar-refractivity contribution in [2.45, 2.75) is 36.9 Å². The minimum absolute atomic E-state index is 0.377. The number of carbonyl (C=O) groups is 1. The molecular formula is C14H20N2O4S. The zero-order chi connectivity index (χ0) is 15.6. The molecule has 1 aromatic rings. The van der Waals surface area contributed by atoms with Crippen LogP contribution in [0, 0.1) is 0 Å². The molecule has 1 aliphatic rings. The van der Waals surface area contributed by atoms with Crippen molar-refractivity contribution in [2.24, 2.45) is 0 Å². The van der Waals surface area contributed by atoms with Crippen molar-refractivity contribution in [1.82, 2.24) is 0 Å². The summed E-state index contributed by atoms with van der Waals surface area (Å²) < 4.78 is 30.2. The summed E-state index contributed by atoms with van der Waals surface area (Å²) in [5.74, 6) is -0.556. The van der Waals surface area contributed by atoms with Gasteiger partial charge in [-0.3, -0.25) is 4.79 Å². The van der Waals surface area contributed by atoms with Gasteiger partial charge < -0.3 is 15.8 Å². The molecule has 2 rings (SSSR count). The highest BCUT2D eigenvalue weighted by molar-refractivity contribution is 7.93. The molecular weight excluding hydrogens is 292 g/mol. The van der Waals surface area contributed by atoms with Crippen molar-refractivity contribution in [3.8, 4) is 0 Å². The van der Waals surface area contributed by atoms with Crippen LogP contribution in [0.25, 0.3) is 0 Å². The van der Waals surface area contributed by atoms with Crippen LogP contribution in [0.15, 0.2) is 24.3 Å². The lowest BCUT2D eigenvalue weighted by Crippen LogP contribution is -2.41. The van der Waals surface area contributed by atoms with Crippen molar-refractivity contribution in [1.29, 1.82) is 0 Å². The van der Waals surface area contributed by atoms with E-state index in [1.54, 1.807) is 31.2 Å². The Morgan fingerprint density at radius 1 is 1.48 bits per heavy atom. The Morgan fingerprint density at radius 2 is 2.19 bits per heavy atom. The molecule has 3 atom stereocenters. The van der Waals surface area contributed by atoms with Crippen molar-refractivity contribution in [2.75, 3.05) is 17.7 Å². The van der Waals surface area contributed by atoms with E-state index in [-0.39, 0.29) is 6.10 Å². The molecule has 6 nitrogen and oxygen atoms in total. The molecule has 1 aliphatic heterocycles. The normalized spacial score (nSPS) is 23.7. The van der Waals surface area contributed by atoms with E-state index in [9.17, 15) is 13.2 Å². The fourth-order valence-corrected chi connectivity index (χ4v) is 4.33. The smallest absolute Gasteiger partial charge is 0.242 e. The Morgan fingerprint density at radius 3 is 2.76 bits per heavy atom. The lowest BCUT2D eigenvalue weighted by Gasteiger charge is -2.20. The van der Waals surface area contributed by atoms with Gasteiger partial charge in [-0.2, -0.15) is 0 Å². The monoisotopic (exact) mass is 312 g/mol. The van der Waals surface area contributed by atoms with Crippen molar-refractivity contribution in [3.05, 3.63) is 24.3 Å². The summed E-state index contributed by atoms with van der Waals surface area (Å²) >= 11 is 0. The first-order valence-electron chi connectivity index (χ1n) is 6.83. The third-order valence-corrected chi connectivity index (χ3v) is 6.41. The Balaban J connectivity index is 2.11. The van der Waals surface area contributed by atoms with E-state index in [4.69, 9.17) is 10.5 Å². The summed E-state index contributed by atoms with van der Waals surface area (Å²) in [6.07, 6.45) is 0.0528. The number of nitrogen functional groups attached to an aromatic ring is 1. The summed E-state index contributed by atoms with van der Waals surface area (Å²) in [4.78, 5) is 12.2. The fourth-order valence-electron chi connectivity index (χ4n) is 2.42. The second kappa shape index (κ2) is 6.03. The molecule has 0 aliphatic carbocycles. The first-order valence-corrected chi connectivity index (χ1v) is 8.44. The van der Waals surface area contributed by atoms with Gasteiger partial charge >= 0.3 is 0 Å². The first-order chi connectivity index (χ1) is 9.82. The average Bonchev–Trinajstić information content (AvgIpc) is 2.84. The van der Waals surface area contributed by atoms with Gasteiger partial charge in [0.2, 0.25) is 5.91 Å².